The van der Waals surface area contributed by atoms with Crippen LogP contribution in [0, 0.1) is 11.3 Å². The summed E-state index contributed by atoms with van der Waals surface area (Å²) in [5.41, 5.74) is -0.824. The van der Waals surface area contributed by atoms with Crippen LogP contribution in [-0.2, 0) is 0 Å². The molecule has 1 aliphatic rings. The maximum Gasteiger partial charge on any atom is 0.162 e. The van der Waals surface area contributed by atoms with E-state index < -0.39 is 11.7 Å². The van der Waals surface area contributed by atoms with Crippen molar-refractivity contribution in [2.45, 2.75) is 31.5 Å². The first kappa shape index (κ1) is 16.6. The van der Waals surface area contributed by atoms with Gasteiger partial charge in [-0.05, 0) is 18.6 Å². The van der Waals surface area contributed by atoms with Gasteiger partial charge in [-0.2, -0.15) is 5.26 Å². The molecule has 3 N–H and O–H groups in total. The Kier molecular flexibility index (Phi) is 5.61. The fourth-order valence-electron chi connectivity index (χ4n) is 2.30. The monoisotopic (exact) mass is 306 g/mol. The van der Waals surface area contributed by atoms with E-state index in [2.05, 4.69) is 18.3 Å². The van der Waals surface area contributed by atoms with Crippen molar-refractivity contribution in [3.8, 4) is 17.6 Å². The van der Waals surface area contributed by atoms with Crippen LogP contribution in [0.4, 0.5) is 0 Å². The molecule has 1 saturated heterocycles. The van der Waals surface area contributed by atoms with Crippen LogP contribution in [0.1, 0.15) is 25.3 Å². The van der Waals surface area contributed by atoms with E-state index in [1.165, 1.54) is 0 Å². The Morgan fingerprint density at radius 1 is 1.45 bits per heavy atom. The number of unbranched alkanes of at least 4 members (excludes halogenated alkanes) is 1. The maximum atomic E-state index is 10.3. The van der Waals surface area contributed by atoms with Crippen molar-refractivity contribution >= 4 is 0 Å². The molecule has 0 unspecified atom stereocenters. The topological polar surface area (TPSA) is 94.7 Å². The molecule has 6 heteroatoms. The van der Waals surface area contributed by atoms with Gasteiger partial charge in [-0.3, -0.25) is 0 Å². The highest BCUT2D eigenvalue weighted by atomic mass is 16.5. The second-order valence-electron chi connectivity index (χ2n) is 5.47. The van der Waals surface area contributed by atoms with Gasteiger partial charge in [-0.25, -0.2) is 0 Å². The van der Waals surface area contributed by atoms with Crippen LogP contribution in [0.15, 0.2) is 18.2 Å². The van der Waals surface area contributed by atoms with Crippen molar-refractivity contribution in [3.05, 3.63) is 23.8 Å². The standard InChI is InChI=1S/C16H22N2O4/c1-2-3-6-21-14-7-12(8-17)4-5-13(14)22-15-9-18-10-16(15,20)11-19/h4-5,7,15,18-20H,2-3,6,9-11H2,1H3/t15-,16+/m0/s1. The van der Waals surface area contributed by atoms with Crippen molar-refractivity contribution in [1.29, 1.82) is 5.26 Å². The number of nitrogens with one attached hydrogen (secondary N) is 1. The summed E-state index contributed by atoms with van der Waals surface area (Å²) in [6.45, 7) is 2.93. The molecule has 120 valence electrons. The molecule has 2 rings (SSSR count). The summed E-state index contributed by atoms with van der Waals surface area (Å²) >= 11 is 0. The minimum absolute atomic E-state index is 0.274. The first-order valence-corrected chi connectivity index (χ1v) is 7.50. The number of ether oxygens (including phenoxy) is 2. The van der Waals surface area contributed by atoms with E-state index in [4.69, 9.17) is 14.7 Å². The van der Waals surface area contributed by atoms with Gasteiger partial charge in [0.1, 0.15) is 11.7 Å². The van der Waals surface area contributed by atoms with Gasteiger partial charge in [0.25, 0.3) is 0 Å². The number of benzene rings is 1. The maximum absolute atomic E-state index is 10.3. The molecular formula is C16H22N2O4. The highest BCUT2D eigenvalue weighted by Gasteiger charge is 2.43. The van der Waals surface area contributed by atoms with Gasteiger partial charge in [0.2, 0.25) is 0 Å². The van der Waals surface area contributed by atoms with Crippen LogP contribution < -0.4 is 14.8 Å². The van der Waals surface area contributed by atoms with E-state index in [0.717, 1.165) is 12.8 Å². The summed E-state index contributed by atoms with van der Waals surface area (Å²) in [5.74, 6) is 0.954. The summed E-state index contributed by atoms with van der Waals surface area (Å²) in [4.78, 5) is 0. The number of hydrogen-bond acceptors (Lipinski definition) is 6. The fourth-order valence-corrected chi connectivity index (χ4v) is 2.30. The van der Waals surface area contributed by atoms with Gasteiger partial charge in [0.05, 0.1) is 24.8 Å². The van der Waals surface area contributed by atoms with Crippen LogP contribution >= 0.6 is 0 Å². The molecule has 1 fully saturated rings. The Morgan fingerprint density at radius 2 is 2.27 bits per heavy atom. The van der Waals surface area contributed by atoms with E-state index in [9.17, 15) is 10.2 Å². The zero-order valence-electron chi connectivity index (χ0n) is 12.7. The molecule has 0 aliphatic carbocycles. The molecule has 0 spiro atoms. The van der Waals surface area contributed by atoms with E-state index in [0.29, 0.717) is 30.2 Å². The fraction of sp³-hybridized carbons (Fsp3) is 0.562. The molecule has 2 atom stereocenters. The molecule has 22 heavy (non-hydrogen) atoms. The van der Waals surface area contributed by atoms with Gasteiger partial charge in [0, 0.05) is 19.2 Å². The third kappa shape index (κ3) is 3.69. The number of β-amino-alcohol motifs (C(OH)–C–C–N with tert-alkyl or cyclic N) is 1. The van der Waals surface area contributed by atoms with Crippen LogP contribution in [-0.4, -0.2) is 48.2 Å². The Labute approximate surface area is 130 Å². The molecule has 1 aliphatic heterocycles. The molecule has 0 bridgehead atoms. The number of hydrogen-bond donors (Lipinski definition) is 3. The third-order valence-corrected chi connectivity index (χ3v) is 3.73. The highest BCUT2D eigenvalue weighted by molar-refractivity contribution is 5.47. The van der Waals surface area contributed by atoms with Gasteiger partial charge < -0.3 is 25.0 Å². The van der Waals surface area contributed by atoms with Gasteiger partial charge in [0.15, 0.2) is 11.5 Å². The smallest absolute Gasteiger partial charge is 0.162 e. The molecule has 1 heterocycles. The second kappa shape index (κ2) is 7.45. The first-order valence-electron chi connectivity index (χ1n) is 7.50. The Morgan fingerprint density at radius 3 is 2.95 bits per heavy atom. The lowest BCUT2D eigenvalue weighted by Crippen LogP contribution is -2.48. The van der Waals surface area contributed by atoms with Crippen molar-refractivity contribution in [3.63, 3.8) is 0 Å². The zero-order chi connectivity index (χ0) is 16.0. The van der Waals surface area contributed by atoms with Crippen molar-refractivity contribution in [2.24, 2.45) is 0 Å². The van der Waals surface area contributed by atoms with Gasteiger partial charge in [-0.15, -0.1) is 0 Å². The molecule has 6 nitrogen and oxygen atoms in total. The zero-order valence-corrected chi connectivity index (χ0v) is 12.7. The van der Waals surface area contributed by atoms with Crippen LogP contribution in [0.25, 0.3) is 0 Å². The minimum atomic E-state index is -1.31. The quantitative estimate of drug-likeness (QED) is 0.645. The molecule has 0 saturated carbocycles. The van der Waals surface area contributed by atoms with E-state index >= 15 is 0 Å². The lowest BCUT2D eigenvalue weighted by Gasteiger charge is -2.28. The Hall–Kier alpha value is -1.81. The van der Waals surface area contributed by atoms with E-state index in [1.54, 1.807) is 18.2 Å². The molecule has 0 amide bonds. The molecule has 0 radical (unpaired) electrons. The summed E-state index contributed by atoms with van der Waals surface area (Å²) in [6.07, 6.45) is 1.34. The first-order chi connectivity index (χ1) is 10.6. The lowest BCUT2D eigenvalue weighted by atomic mass is 10.0. The Balaban J connectivity index is 2.17. The summed E-state index contributed by atoms with van der Waals surface area (Å²) in [6, 6.07) is 7.00. The Bertz CT molecular complexity index is 543. The summed E-state index contributed by atoms with van der Waals surface area (Å²) in [5, 5.41) is 31.7. The SMILES string of the molecule is CCCCOc1cc(C#N)ccc1O[C@H]1CNC[C@@]1(O)CO. The minimum Gasteiger partial charge on any atom is -0.490 e. The van der Waals surface area contributed by atoms with Gasteiger partial charge >= 0.3 is 0 Å². The van der Waals surface area contributed by atoms with Crippen molar-refractivity contribution in [2.75, 3.05) is 26.3 Å². The molecule has 0 aromatic heterocycles. The largest absolute Gasteiger partial charge is 0.490 e. The number of rotatable bonds is 7. The second-order valence-corrected chi connectivity index (χ2v) is 5.47. The molecular weight excluding hydrogens is 284 g/mol. The van der Waals surface area contributed by atoms with E-state index in [1.807, 2.05) is 0 Å². The van der Waals surface area contributed by atoms with Crippen molar-refractivity contribution in [1.82, 2.24) is 5.32 Å². The average molecular weight is 306 g/mol. The number of aliphatic hydroxyl groups is 2. The predicted molar refractivity (Wildman–Crippen MR) is 80.9 cm³/mol. The summed E-state index contributed by atoms with van der Waals surface area (Å²) < 4.78 is 11.5. The summed E-state index contributed by atoms with van der Waals surface area (Å²) in [7, 11) is 0. The number of nitriles is 1. The number of aliphatic hydroxyl groups excluding tert-OH is 1. The average Bonchev–Trinajstić information content (AvgIpc) is 2.90. The van der Waals surface area contributed by atoms with Crippen LogP contribution in [0.2, 0.25) is 0 Å². The van der Waals surface area contributed by atoms with Gasteiger partial charge in [-0.1, -0.05) is 13.3 Å². The molecule has 1 aromatic rings. The highest BCUT2D eigenvalue weighted by Crippen LogP contribution is 2.32. The normalized spacial score (nSPS) is 24.0. The van der Waals surface area contributed by atoms with Crippen molar-refractivity contribution < 1.29 is 19.7 Å². The lowest BCUT2D eigenvalue weighted by molar-refractivity contribution is -0.0637. The van der Waals surface area contributed by atoms with Crippen LogP contribution in [0.3, 0.4) is 0 Å². The third-order valence-electron chi connectivity index (χ3n) is 3.73. The van der Waals surface area contributed by atoms with Crippen LogP contribution in [0.5, 0.6) is 11.5 Å². The van der Waals surface area contributed by atoms with E-state index in [-0.39, 0.29) is 13.2 Å². The number of nitrogens with zero attached hydrogens (tertiary/aromatic N) is 1. The molecule has 1 aromatic carbocycles. The predicted octanol–water partition coefficient (Wildman–Crippen LogP) is 0.811.